The Hall–Kier alpha value is -1.63. The summed E-state index contributed by atoms with van der Waals surface area (Å²) >= 11 is 0. The van der Waals surface area contributed by atoms with Gasteiger partial charge in [0.1, 0.15) is 5.56 Å². The molecule has 6 nitrogen and oxygen atoms in total. The maximum atomic E-state index is 13.0. The number of amides is 1. The number of sulfone groups is 1. The van der Waals surface area contributed by atoms with Crippen LogP contribution in [-0.2, 0) is 9.84 Å². The van der Waals surface area contributed by atoms with Crippen molar-refractivity contribution in [2.24, 2.45) is 0 Å². The quantitative estimate of drug-likeness (QED) is 0.758. The second-order valence-corrected chi connectivity index (χ2v) is 7.93. The zero-order valence-electron chi connectivity index (χ0n) is 13.7. The average Bonchev–Trinajstić information content (AvgIpc) is 2.88. The zero-order chi connectivity index (χ0) is 16.9. The number of carbonyl (C=O) groups is 1. The lowest BCUT2D eigenvalue weighted by molar-refractivity contribution is 0.0689. The van der Waals surface area contributed by atoms with E-state index in [4.69, 9.17) is 4.74 Å². The van der Waals surface area contributed by atoms with Gasteiger partial charge in [0.25, 0.3) is 5.91 Å². The lowest BCUT2D eigenvalue weighted by atomic mass is 10.1. The Bertz CT molecular complexity index is 645. The highest BCUT2D eigenvalue weighted by Crippen LogP contribution is 2.23. The molecule has 0 N–H and O–H groups in total. The van der Waals surface area contributed by atoms with Gasteiger partial charge < -0.3 is 9.64 Å². The van der Waals surface area contributed by atoms with Crippen LogP contribution in [0.15, 0.2) is 18.3 Å². The van der Waals surface area contributed by atoms with Gasteiger partial charge in [-0.3, -0.25) is 4.79 Å². The van der Waals surface area contributed by atoms with E-state index in [1.807, 2.05) is 13.8 Å². The van der Waals surface area contributed by atoms with E-state index in [0.29, 0.717) is 31.0 Å². The fraction of sp³-hybridized carbons (Fsp3) is 0.625. The zero-order valence-corrected chi connectivity index (χ0v) is 14.5. The highest BCUT2D eigenvalue weighted by molar-refractivity contribution is 7.91. The number of carbonyl (C=O) groups excluding carboxylic acids is 1. The van der Waals surface area contributed by atoms with Gasteiger partial charge in [-0.15, -0.1) is 0 Å². The van der Waals surface area contributed by atoms with Gasteiger partial charge in [0.05, 0.1) is 18.1 Å². The average molecular weight is 340 g/mol. The molecule has 1 aliphatic heterocycles. The van der Waals surface area contributed by atoms with Crippen LogP contribution in [0.4, 0.5) is 0 Å². The summed E-state index contributed by atoms with van der Waals surface area (Å²) in [5.74, 6) is 0.311. The lowest BCUT2D eigenvalue weighted by Crippen LogP contribution is -2.42. The van der Waals surface area contributed by atoms with Crippen molar-refractivity contribution < 1.29 is 17.9 Å². The van der Waals surface area contributed by atoms with Crippen LogP contribution < -0.4 is 4.74 Å². The van der Waals surface area contributed by atoms with Gasteiger partial charge >= 0.3 is 0 Å². The molecule has 1 saturated heterocycles. The normalized spacial score (nSPS) is 19.5. The molecule has 1 fully saturated rings. The van der Waals surface area contributed by atoms with Gasteiger partial charge in [-0.25, -0.2) is 13.4 Å². The summed E-state index contributed by atoms with van der Waals surface area (Å²) < 4.78 is 29.0. The molecule has 1 aromatic heterocycles. The van der Waals surface area contributed by atoms with Crippen LogP contribution in [0.2, 0.25) is 0 Å². The summed E-state index contributed by atoms with van der Waals surface area (Å²) in [6, 6.07) is 3.12. The van der Waals surface area contributed by atoms with Crippen LogP contribution in [0.25, 0.3) is 0 Å². The fourth-order valence-electron chi connectivity index (χ4n) is 2.76. The van der Waals surface area contributed by atoms with Crippen LogP contribution in [-0.4, -0.2) is 54.9 Å². The van der Waals surface area contributed by atoms with Crippen molar-refractivity contribution in [1.82, 2.24) is 9.88 Å². The molecule has 1 aromatic rings. The molecule has 0 spiro atoms. The summed E-state index contributed by atoms with van der Waals surface area (Å²) in [4.78, 5) is 18.8. The fourth-order valence-corrected chi connectivity index (χ4v) is 4.49. The van der Waals surface area contributed by atoms with Crippen molar-refractivity contribution in [1.29, 1.82) is 0 Å². The lowest BCUT2D eigenvalue weighted by Gasteiger charge is -2.28. The molecule has 0 radical (unpaired) electrons. The number of hydrogen-bond acceptors (Lipinski definition) is 5. The molecule has 1 amide bonds. The van der Waals surface area contributed by atoms with Crippen molar-refractivity contribution in [3.05, 3.63) is 23.9 Å². The highest BCUT2D eigenvalue weighted by Gasteiger charge is 2.35. The standard InChI is InChI=1S/C16H24N2O4S/c1-3-5-10-18(13-8-11-23(20,21)12-13)16(19)14-7-6-9-17-15(14)22-4-2/h6-7,9,13H,3-5,8,10-12H2,1-2H3. The number of rotatable bonds is 7. The molecule has 1 aliphatic rings. The van der Waals surface area contributed by atoms with E-state index in [9.17, 15) is 13.2 Å². The topological polar surface area (TPSA) is 76.6 Å². The van der Waals surface area contributed by atoms with E-state index in [-0.39, 0.29) is 23.5 Å². The van der Waals surface area contributed by atoms with Crippen molar-refractivity contribution >= 4 is 15.7 Å². The van der Waals surface area contributed by atoms with Crippen molar-refractivity contribution in [2.45, 2.75) is 39.2 Å². The number of ether oxygens (including phenoxy) is 1. The van der Waals surface area contributed by atoms with E-state index >= 15 is 0 Å². The van der Waals surface area contributed by atoms with Gasteiger partial charge in [-0.05, 0) is 31.9 Å². The second kappa shape index (κ2) is 7.77. The van der Waals surface area contributed by atoms with Gasteiger partial charge in [-0.2, -0.15) is 0 Å². The molecule has 1 unspecified atom stereocenters. The molecule has 2 rings (SSSR count). The van der Waals surface area contributed by atoms with E-state index in [0.717, 1.165) is 12.8 Å². The Morgan fingerprint density at radius 3 is 2.83 bits per heavy atom. The Morgan fingerprint density at radius 1 is 1.43 bits per heavy atom. The molecule has 7 heteroatoms. The van der Waals surface area contributed by atoms with Crippen LogP contribution >= 0.6 is 0 Å². The van der Waals surface area contributed by atoms with Crippen LogP contribution in [0.1, 0.15) is 43.5 Å². The molecule has 23 heavy (non-hydrogen) atoms. The third-order valence-electron chi connectivity index (χ3n) is 3.95. The third kappa shape index (κ3) is 4.43. The van der Waals surface area contributed by atoms with Crippen LogP contribution in [0, 0.1) is 0 Å². The summed E-state index contributed by atoms with van der Waals surface area (Å²) in [6.07, 6.45) is 3.86. The maximum absolute atomic E-state index is 13.0. The first kappa shape index (κ1) is 17.7. The second-order valence-electron chi connectivity index (χ2n) is 5.70. The molecule has 0 aromatic carbocycles. The van der Waals surface area contributed by atoms with Crippen molar-refractivity contribution in [3.63, 3.8) is 0 Å². The maximum Gasteiger partial charge on any atom is 0.259 e. The molecular formula is C16H24N2O4S. The number of pyridine rings is 1. The molecule has 0 saturated carbocycles. The Kier molecular flexibility index (Phi) is 5.98. The van der Waals surface area contributed by atoms with Gasteiger partial charge in [0, 0.05) is 18.8 Å². The minimum absolute atomic E-state index is 0.0483. The van der Waals surface area contributed by atoms with Crippen molar-refractivity contribution in [2.75, 3.05) is 24.7 Å². The summed E-state index contributed by atoms with van der Waals surface area (Å²) in [7, 11) is -3.04. The van der Waals surface area contributed by atoms with Crippen LogP contribution in [0.5, 0.6) is 5.88 Å². The van der Waals surface area contributed by atoms with E-state index in [1.54, 1.807) is 23.2 Å². The number of aromatic nitrogens is 1. The highest BCUT2D eigenvalue weighted by atomic mass is 32.2. The smallest absolute Gasteiger partial charge is 0.259 e. The molecule has 1 atom stereocenters. The summed E-state index contributed by atoms with van der Waals surface area (Å²) in [5.41, 5.74) is 0.398. The minimum Gasteiger partial charge on any atom is -0.477 e. The number of unbranched alkanes of at least 4 members (excludes halogenated alkanes) is 1. The number of nitrogens with zero attached hydrogens (tertiary/aromatic N) is 2. The molecule has 2 heterocycles. The first-order valence-electron chi connectivity index (χ1n) is 8.07. The molecular weight excluding hydrogens is 316 g/mol. The Balaban J connectivity index is 2.26. The number of hydrogen-bond donors (Lipinski definition) is 0. The first-order valence-corrected chi connectivity index (χ1v) is 9.89. The predicted octanol–water partition coefficient (Wildman–Crippen LogP) is 1.91. The Labute approximate surface area is 137 Å². The van der Waals surface area contributed by atoms with E-state index in [1.165, 1.54) is 0 Å². The summed E-state index contributed by atoms with van der Waals surface area (Å²) in [5, 5.41) is 0. The minimum atomic E-state index is -3.04. The largest absolute Gasteiger partial charge is 0.477 e. The van der Waals surface area contributed by atoms with Gasteiger partial charge in [0.15, 0.2) is 9.84 Å². The van der Waals surface area contributed by atoms with E-state index < -0.39 is 9.84 Å². The van der Waals surface area contributed by atoms with Gasteiger partial charge in [-0.1, -0.05) is 13.3 Å². The molecule has 0 bridgehead atoms. The predicted molar refractivity (Wildman–Crippen MR) is 88.4 cm³/mol. The van der Waals surface area contributed by atoms with Gasteiger partial charge in [0.2, 0.25) is 5.88 Å². The molecule has 0 aliphatic carbocycles. The van der Waals surface area contributed by atoms with E-state index in [2.05, 4.69) is 4.98 Å². The summed E-state index contributed by atoms with van der Waals surface area (Å²) in [6.45, 7) is 4.85. The third-order valence-corrected chi connectivity index (χ3v) is 5.70. The first-order chi connectivity index (χ1) is 11.0. The SMILES string of the molecule is CCCCN(C(=O)c1cccnc1OCC)C1CCS(=O)(=O)C1. The molecule has 128 valence electrons. The van der Waals surface area contributed by atoms with Crippen LogP contribution in [0.3, 0.4) is 0 Å². The Morgan fingerprint density at radius 2 is 2.22 bits per heavy atom. The van der Waals surface area contributed by atoms with Crippen molar-refractivity contribution in [3.8, 4) is 5.88 Å². The monoisotopic (exact) mass is 340 g/mol.